The van der Waals surface area contributed by atoms with E-state index >= 15 is 0 Å². The number of nitrogens with zero attached hydrogens (tertiary/aromatic N) is 3. The second-order valence-electron chi connectivity index (χ2n) is 5.51. The molecule has 0 unspecified atom stereocenters. The minimum absolute atomic E-state index is 0.208. The van der Waals surface area contributed by atoms with Crippen LogP contribution in [0.25, 0.3) is 17.1 Å². The second-order valence-corrected chi connectivity index (χ2v) is 5.51. The van der Waals surface area contributed by atoms with Crippen molar-refractivity contribution in [1.82, 2.24) is 14.8 Å². The first-order valence-corrected chi connectivity index (χ1v) is 7.58. The zero-order valence-electron chi connectivity index (χ0n) is 13.3. The standard InChI is InChI=1S/C18H16F3N3/c1-3-13-6-4-7-14(11-13)16-10-12(2)24(23-16)17-15(18(19,20)21)8-5-9-22-17/h4-11H,3H2,1-2H3. The van der Waals surface area contributed by atoms with Crippen LogP contribution in [0.1, 0.15) is 23.7 Å². The van der Waals surface area contributed by atoms with Gasteiger partial charge in [0.2, 0.25) is 0 Å². The Hall–Kier alpha value is -2.63. The van der Waals surface area contributed by atoms with Crippen molar-refractivity contribution in [2.45, 2.75) is 26.4 Å². The van der Waals surface area contributed by atoms with E-state index in [1.807, 2.05) is 31.2 Å². The summed E-state index contributed by atoms with van der Waals surface area (Å²) in [5, 5.41) is 4.35. The van der Waals surface area contributed by atoms with Crippen molar-refractivity contribution < 1.29 is 13.2 Å². The van der Waals surface area contributed by atoms with Crippen LogP contribution in [0.15, 0.2) is 48.7 Å². The summed E-state index contributed by atoms with van der Waals surface area (Å²) in [5.74, 6) is -0.208. The van der Waals surface area contributed by atoms with Gasteiger partial charge in [-0.2, -0.15) is 18.3 Å². The molecule has 0 atom stereocenters. The number of rotatable bonds is 3. The molecule has 0 aliphatic rings. The van der Waals surface area contributed by atoms with Crippen LogP contribution in [0.5, 0.6) is 0 Å². The highest BCUT2D eigenvalue weighted by Gasteiger charge is 2.35. The molecule has 0 saturated carbocycles. The smallest absolute Gasteiger partial charge is 0.237 e. The first-order chi connectivity index (χ1) is 11.4. The predicted octanol–water partition coefficient (Wildman–Crippen LogP) is 4.82. The molecule has 3 nitrogen and oxygen atoms in total. The molecule has 0 spiro atoms. The van der Waals surface area contributed by atoms with E-state index in [0.29, 0.717) is 11.4 Å². The largest absolute Gasteiger partial charge is 0.420 e. The number of alkyl halides is 3. The minimum atomic E-state index is -4.48. The number of halogens is 3. The van der Waals surface area contributed by atoms with Crippen LogP contribution in [0.4, 0.5) is 13.2 Å². The normalized spacial score (nSPS) is 11.7. The number of aryl methyl sites for hydroxylation is 2. The van der Waals surface area contributed by atoms with Gasteiger partial charge >= 0.3 is 6.18 Å². The molecule has 6 heteroatoms. The molecule has 0 saturated heterocycles. The third-order valence-corrected chi connectivity index (χ3v) is 3.81. The van der Waals surface area contributed by atoms with Gasteiger partial charge in [-0.25, -0.2) is 9.67 Å². The fourth-order valence-electron chi connectivity index (χ4n) is 2.57. The molecule has 0 aliphatic heterocycles. The lowest BCUT2D eigenvalue weighted by Gasteiger charge is -2.12. The average Bonchev–Trinajstić information content (AvgIpc) is 2.96. The topological polar surface area (TPSA) is 30.7 Å². The Kier molecular flexibility index (Phi) is 4.13. The fraction of sp³-hybridized carbons (Fsp3) is 0.222. The highest BCUT2D eigenvalue weighted by atomic mass is 19.4. The SMILES string of the molecule is CCc1cccc(-c2cc(C)n(-c3ncccc3C(F)(F)F)n2)c1. The van der Waals surface area contributed by atoms with Gasteiger partial charge in [0.15, 0.2) is 5.82 Å². The number of pyridine rings is 1. The maximum Gasteiger partial charge on any atom is 0.420 e. The first-order valence-electron chi connectivity index (χ1n) is 7.58. The van der Waals surface area contributed by atoms with Crippen molar-refractivity contribution in [2.75, 3.05) is 0 Å². The van der Waals surface area contributed by atoms with Gasteiger partial charge in [-0.3, -0.25) is 0 Å². The van der Waals surface area contributed by atoms with Gasteiger partial charge in [0, 0.05) is 17.5 Å². The maximum atomic E-state index is 13.2. The molecule has 3 aromatic rings. The van der Waals surface area contributed by atoms with E-state index in [2.05, 4.69) is 10.1 Å². The molecular weight excluding hydrogens is 315 g/mol. The van der Waals surface area contributed by atoms with Gasteiger partial charge < -0.3 is 0 Å². The summed E-state index contributed by atoms with van der Waals surface area (Å²) in [6, 6.07) is 11.9. The van der Waals surface area contributed by atoms with Crippen molar-refractivity contribution in [3.05, 3.63) is 65.5 Å². The molecule has 124 valence electrons. The van der Waals surface area contributed by atoms with E-state index in [9.17, 15) is 13.2 Å². The van der Waals surface area contributed by atoms with Crippen LogP contribution >= 0.6 is 0 Å². The van der Waals surface area contributed by atoms with Crippen molar-refractivity contribution in [3.8, 4) is 17.1 Å². The second kappa shape index (κ2) is 6.11. The minimum Gasteiger partial charge on any atom is -0.237 e. The molecule has 3 rings (SSSR count). The van der Waals surface area contributed by atoms with Crippen LogP contribution in [-0.2, 0) is 12.6 Å². The van der Waals surface area contributed by atoms with E-state index in [-0.39, 0.29) is 5.82 Å². The summed E-state index contributed by atoms with van der Waals surface area (Å²) in [4.78, 5) is 3.90. The van der Waals surface area contributed by atoms with Crippen molar-refractivity contribution in [2.24, 2.45) is 0 Å². The maximum absolute atomic E-state index is 13.2. The number of aromatic nitrogens is 3. The summed E-state index contributed by atoms with van der Waals surface area (Å²) in [7, 11) is 0. The monoisotopic (exact) mass is 331 g/mol. The molecule has 0 amide bonds. The molecule has 0 fully saturated rings. The van der Waals surface area contributed by atoms with E-state index in [0.717, 1.165) is 23.6 Å². The third kappa shape index (κ3) is 3.04. The van der Waals surface area contributed by atoms with Crippen molar-refractivity contribution in [3.63, 3.8) is 0 Å². The molecule has 24 heavy (non-hydrogen) atoms. The molecule has 0 aliphatic carbocycles. The van der Waals surface area contributed by atoms with Crippen molar-refractivity contribution in [1.29, 1.82) is 0 Å². The first kappa shape index (κ1) is 16.2. The van der Waals surface area contributed by atoms with Crippen molar-refractivity contribution >= 4 is 0 Å². The summed E-state index contributed by atoms with van der Waals surface area (Å²) in [6.45, 7) is 3.77. The molecule has 0 radical (unpaired) electrons. The number of benzene rings is 1. The number of hydrogen-bond acceptors (Lipinski definition) is 2. The molecule has 0 bridgehead atoms. The van der Waals surface area contributed by atoms with Crippen LogP contribution in [0.3, 0.4) is 0 Å². The Labute approximate surface area is 137 Å². The third-order valence-electron chi connectivity index (χ3n) is 3.81. The highest BCUT2D eigenvalue weighted by molar-refractivity contribution is 5.61. The lowest BCUT2D eigenvalue weighted by molar-refractivity contribution is -0.137. The summed E-state index contributed by atoms with van der Waals surface area (Å²) >= 11 is 0. The zero-order valence-corrected chi connectivity index (χ0v) is 13.3. The Morgan fingerprint density at radius 3 is 2.58 bits per heavy atom. The number of hydrogen-bond donors (Lipinski definition) is 0. The molecule has 1 aromatic carbocycles. The molecular formula is C18H16F3N3. The average molecular weight is 331 g/mol. The lowest BCUT2D eigenvalue weighted by Crippen LogP contribution is -2.13. The summed E-state index contributed by atoms with van der Waals surface area (Å²) in [5.41, 5.74) is 2.44. The Morgan fingerprint density at radius 1 is 1.08 bits per heavy atom. The van der Waals surface area contributed by atoms with Gasteiger partial charge in [0.1, 0.15) is 5.56 Å². The van der Waals surface area contributed by atoms with Gasteiger partial charge in [-0.05, 0) is 43.2 Å². The van der Waals surface area contributed by atoms with E-state index in [4.69, 9.17) is 0 Å². The van der Waals surface area contributed by atoms with Crippen LogP contribution in [0.2, 0.25) is 0 Å². The zero-order chi connectivity index (χ0) is 17.3. The molecule has 2 aromatic heterocycles. The van der Waals surface area contributed by atoms with Gasteiger partial charge in [0.25, 0.3) is 0 Å². The molecule has 0 N–H and O–H groups in total. The summed E-state index contributed by atoms with van der Waals surface area (Å²) in [6.07, 6.45) is -2.26. The highest BCUT2D eigenvalue weighted by Crippen LogP contribution is 2.33. The Bertz CT molecular complexity index is 866. The van der Waals surface area contributed by atoms with E-state index in [1.165, 1.54) is 16.9 Å². The quantitative estimate of drug-likeness (QED) is 0.688. The van der Waals surface area contributed by atoms with E-state index in [1.54, 1.807) is 13.0 Å². The summed E-state index contributed by atoms with van der Waals surface area (Å²) < 4.78 is 40.9. The fourth-order valence-corrected chi connectivity index (χ4v) is 2.57. The van der Waals surface area contributed by atoms with Gasteiger partial charge in [0.05, 0.1) is 5.69 Å². The molecule has 2 heterocycles. The van der Waals surface area contributed by atoms with Crippen LogP contribution in [-0.4, -0.2) is 14.8 Å². The Balaban J connectivity index is 2.11. The van der Waals surface area contributed by atoms with Gasteiger partial charge in [-0.1, -0.05) is 25.1 Å². The Morgan fingerprint density at radius 2 is 1.88 bits per heavy atom. The van der Waals surface area contributed by atoms with Crippen LogP contribution < -0.4 is 0 Å². The van der Waals surface area contributed by atoms with Gasteiger partial charge in [-0.15, -0.1) is 0 Å². The van der Waals surface area contributed by atoms with E-state index < -0.39 is 11.7 Å². The van der Waals surface area contributed by atoms with Crippen LogP contribution in [0, 0.1) is 6.92 Å². The lowest BCUT2D eigenvalue weighted by atomic mass is 10.1. The predicted molar refractivity (Wildman–Crippen MR) is 85.9 cm³/mol.